The lowest BCUT2D eigenvalue weighted by molar-refractivity contribution is -0.144. The van der Waals surface area contributed by atoms with Crippen molar-refractivity contribution in [2.75, 3.05) is 0 Å². The molecule has 0 fully saturated rings. The lowest BCUT2D eigenvalue weighted by Crippen LogP contribution is -2.45. The number of esters is 1. The van der Waals surface area contributed by atoms with Crippen LogP contribution in [-0.4, -0.2) is 18.1 Å². The van der Waals surface area contributed by atoms with E-state index in [2.05, 4.69) is 10.6 Å². The van der Waals surface area contributed by atoms with Crippen molar-refractivity contribution >= 4 is 12.0 Å². The van der Waals surface area contributed by atoms with E-state index in [1.165, 1.54) is 6.26 Å². The number of ether oxygens (including phenoxy) is 1. The molecule has 2 atom stereocenters. The second kappa shape index (κ2) is 5.81. The molecule has 1 aliphatic heterocycles. The van der Waals surface area contributed by atoms with Gasteiger partial charge >= 0.3 is 12.0 Å². The van der Waals surface area contributed by atoms with Gasteiger partial charge in [0.2, 0.25) is 0 Å². The zero-order valence-electron chi connectivity index (χ0n) is 11.7. The molecule has 20 heavy (non-hydrogen) atoms. The molecule has 1 aromatic heterocycles. The number of rotatable bonds is 4. The average Bonchev–Trinajstić information content (AvgIpc) is 2.91. The Morgan fingerprint density at radius 1 is 1.55 bits per heavy atom. The highest BCUT2D eigenvalue weighted by atomic mass is 16.5. The summed E-state index contributed by atoms with van der Waals surface area (Å²) in [6.45, 7) is 5.43. The number of hydrogen-bond donors (Lipinski definition) is 2. The molecule has 2 rings (SSSR count). The Morgan fingerprint density at radius 2 is 2.30 bits per heavy atom. The Kier molecular flexibility index (Phi) is 4.12. The molecule has 0 aliphatic carbocycles. The van der Waals surface area contributed by atoms with E-state index in [1.54, 1.807) is 19.1 Å². The average molecular weight is 278 g/mol. The van der Waals surface area contributed by atoms with Gasteiger partial charge in [0.05, 0.1) is 17.9 Å². The van der Waals surface area contributed by atoms with Crippen LogP contribution >= 0.6 is 0 Å². The van der Waals surface area contributed by atoms with E-state index in [-0.39, 0.29) is 12.1 Å². The van der Waals surface area contributed by atoms with Crippen LogP contribution in [0.15, 0.2) is 34.1 Å². The van der Waals surface area contributed by atoms with Gasteiger partial charge in [-0.25, -0.2) is 9.59 Å². The first-order chi connectivity index (χ1) is 9.52. The Labute approximate surface area is 117 Å². The van der Waals surface area contributed by atoms with Gasteiger partial charge in [0.15, 0.2) is 0 Å². The van der Waals surface area contributed by atoms with Crippen LogP contribution in [0.25, 0.3) is 0 Å². The Balaban J connectivity index is 2.31. The van der Waals surface area contributed by atoms with Crippen molar-refractivity contribution in [2.45, 2.75) is 39.3 Å². The highest BCUT2D eigenvalue weighted by Gasteiger charge is 2.34. The number of nitrogens with one attached hydrogen (secondary N) is 2. The number of hydrogen-bond acceptors (Lipinski definition) is 4. The zero-order valence-corrected chi connectivity index (χ0v) is 11.7. The number of carbonyl (C=O) groups excluding carboxylic acids is 2. The third-order valence-corrected chi connectivity index (χ3v) is 3.20. The SMILES string of the molecule is CC[C@@H](C)OC(=O)C1=C(C)NC(=O)N[C@H]1c1ccco1. The lowest BCUT2D eigenvalue weighted by atomic mass is 10.0. The maximum Gasteiger partial charge on any atom is 0.338 e. The van der Waals surface area contributed by atoms with Crippen LogP contribution in [0.3, 0.4) is 0 Å². The van der Waals surface area contributed by atoms with Gasteiger partial charge in [-0.2, -0.15) is 0 Å². The molecule has 0 saturated heterocycles. The minimum atomic E-state index is -0.629. The van der Waals surface area contributed by atoms with E-state index in [0.717, 1.165) is 6.42 Å². The molecular weight excluding hydrogens is 260 g/mol. The summed E-state index contributed by atoms with van der Waals surface area (Å²) in [6, 6.07) is 2.41. The van der Waals surface area contributed by atoms with Gasteiger partial charge in [0, 0.05) is 5.70 Å². The molecule has 108 valence electrons. The Bertz CT molecular complexity index is 533. The third kappa shape index (κ3) is 2.84. The summed E-state index contributed by atoms with van der Waals surface area (Å²) in [5.74, 6) is 0.0426. The summed E-state index contributed by atoms with van der Waals surface area (Å²) in [5, 5.41) is 5.25. The van der Waals surface area contributed by atoms with Crippen LogP contribution < -0.4 is 10.6 Å². The van der Waals surface area contributed by atoms with E-state index in [0.29, 0.717) is 17.0 Å². The topological polar surface area (TPSA) is 80.6 Å². The fourth-order valence-electron chi connectivity index (χ4n) is 1.96. The number of urea groups is 1. The monoisotopic (exact) mass is 278 g/mol. The Morgan fingerprint density at radius 3 is 2.90 bits per heavy atom. The first kappa shape index (κ1) is 14.2. The van der Waals surface area contributed by atoms with E-state index in [4.69, 9.17) is 9.15 Å². The minimum Gasteiger partial charge on any atom is -0.467 e. The van der Waals surface area contributed by atoms with Gasteiger partial charge in [-0.05, 0) is 32.4 Å². The van der Waals surface area contributed by atoms with Crippen molar-refractivity contribution in [1.29, 1.82) is 0 Å². The van der Waals surface area contributed by atoms with Crippen molar-refractivity contribution in [3.63, 3.8) is 0 Å². The molecular formula is C14H18N2O4. The van der Waals surface area contributed by atoms with Crippen molar-refractivity contribution < 1.29 is 18.7 Å². The number of allylic oxidation sites excluding steroid dienone is 1. The standard InChI is InChI=1S/C14H18N2O4/c1-4-8(2)20-13(17)11-9(3)15-14(18)16-12(11)10-6-5-7-19-10/h5-8,12H,4H2,1-3H3,(H2,15,16,18)/t8-,12+/m1/s1. The van der Waals surface area contributed by atoms with Crippen molar-refractivity contribution in [3.05, 3.63) is 35.4 Å². The van der Waals surface area contributed by atoms with E-state index >= 15 is 0 Å². The van der Waals surface area contributed by atoms with Gasteiger partial charge in [-0.15, -0.1) is 0 Å². The van der Waals surface area contributed by atoms with E-state index in [1.807, 2.05) is 13.8 Å². The van der Waals surface area contributed by atoms with Crippen LogP contribution in [0, 0.1) is 0 Å². The minimum absolute atomic E-state index is 0.183. The lowest BCUT2D eigenvalue weighted by Gasteiger charge is -2.27. The normalized spacial score (nSPS) is 20.1. The largest absolute Gasteiger partial charge is 0.467 e. The quantitative estimate of drug-likeness (QED) is 0.828. The first-order valence-corrected chi connectivity index (χ1v) is 6.55. The molecule has 0 spiro atoms. The van der Waals surface area contributed by atoms with Crippen LogP contribution in [0.5, 0.6) is 0 Å². The van der Waals surface area contributed by atoms with Gasteiger partial charge in [-0.3, -0.25) is 0 Å². The summed E-state index contributed by atoms with van der Waals surface area (Å²) in [5.41, 5.74) is 0.836. The van der Waals surface area contributed by atoms with Gasteiger partial charge in [-0.1, -0.05) is 6.92 Å². The molecule has 1 aromatic rings. The van der Waals surface area contributed by atoms with E-state index in [9.17, 15) is 9.59 Å². The molecule has 0 aromatic carbocycles. The van der Waals surface area contributed by atoms with Crippen LogP contribution in [0.1, 0.15) is 39.0 Å². The zero-order chi connectivity index (χ0) is 14.7. The van der Waals surface area contributed by atoms with Crippen molar-refractivity contribution in [2.24, 2.45) is 0 Å². The second-order valence-corrected chi connectivity index (χ2v) is 4.71. The van der Waals surface area contributed by atoms with Gasteiger partial charge in [0.1, 0.15) is 11.8 Å². The fraction of sp³-hybridized carbons (Fsp3) is 0.429. The summed E-state index contributed by atoms with van der Waals surface area (Å²) >= 11 is 0. The molecule has 2 heterocycles. The summed E-state index contributed by atoms with van der Waals surface area (Å²) in [7, 11) is 0. The Hall–Kier alpha value is -2.24. The molecule has 2 N–H and O–H groups in total. The molecule has 6 heteroatoms. The second-order valence-electron chi connectivity index (χ2n) is 4.71. The molecule has 1 aliphatic rings. The molecule has 0 radical (unpaired) electrons. The summed E-state index contributed by atoms with van der Waals surface area (Å²) in [4.78, 5) is 23.9. The number of furan rings is 1. The van der Waals surface area contributed by atoms with Gasteiger partial charge < -0.3 is 19.8 Å². The van der Waals surface area contributed by atoms with Gasteiger partial charge in [0.25, 0.3) is 0 Å². The molecule has 0 unspecified atom stereocenters. The highest BCUT2D eigenvalue weighted by molar-refractivity contribution is 5.94. The predicted octanol–water partition coefficient (Wildman–Crippen LogP) is 2.25. The fourth-order valence-corrected chi connectivity index (χ4v) is 1.96. The first-order valence-electron chi connectivity index (χ1n) is 6.55. The summed E-state index contributed by atoms with van der Waals surface area (Å²) in [6.07, 6.45) is 2.04. The van der Waals surface area contributed by atoms with Crippen LogP contribution in [0.2, 0.25) is 0 Å². The number of carbonyl (C=O) groups is 2. The van der Waals surface area contributed by atoms with Crippen molar-refractivity contribution in [1.82, 2.24) is 10.6 Å². The van der Waals surface area contributed by atoms with Crippen LogP contribution in [-0.2, 0) is 9.53 Å². The molecule has 2 amide bonds. The molecule has 6 nitrogen and oxygen atoms in total. The summed E-state index contributed by atoms with van der Waals surface area (Å²) < 4.78 is 10.6. The highest BCUT2D eigenvalue weighted by Crippen LogP contribution is 2.28. The smallest absolute Gasteiger partial charge is 0.338 e. The maximum absolute atomic E-state index is 12.3. The number of amides is 2. The maximum atomic E-state index is 12.3. The molecule has 0 saturated carbocycles. The van der Waals surface area contributed by atoms with E-state index < -0.39 is 12.0 Å². The predicted molar refractivity (Wildman–Crippen MR) is 71.7 cm³/mol. The third-order valence-electron chi connectivity index (χ3n) is 3.20. The molecule has 0 bridgehead atoms. The van der Waals surface area contributed by atoms with Crippen LogP contribution in [0.4, 0.5) is 4.79 Å². The van der Waals surface area contributed by atoms with Crippen molar-refractivity contribution in [3.8, 4) is 0 Å².